The van der Waals surface area contributed by atoms with Crippen LogP contribution in [0.25, 0.3) is 0 Å². The van der Waals surface area contributed by atoms with Crippen molar-refractivity contribution in [1.82, 2.24) is 0 Å². The van der Waals surface area contributed by atoms with Gasteiger partial charge in [0.1, 0.15) is 0 Å². The van der Waals surface area contributed by atoms with E-state index in [-0.39, 0.29) is 11.7 Å². The SMILES string of the molecule is CCCC(C)C(=O)c1ccccc1CCN. The van der Waals surface area contributed by atoms with E-state index in [0.29, 0.717) is 6.54 Å². The molecule has 0 aromatic heterocycles. The molecule has 1 atom stereocenters. The average molecular weight is 219 g/mol. The number of rotatable bonds is 6. The van der Waals surface area contributed by atoms with Crippen LogP contribution >= 0.6 is 0 Å². The number of hydrogen-bond acceptors (Lipinski definition) is 2. The Bertz CT molecular complexity index is 346. The topological polar surface area (TPSA) is 43.1 Å². The van der Waals surface area contributed by atoms with Crippen molar-refractivity contribution in [2.75, 3.05) is 6.54 Å². The third kappa shape index (κ3) is 3.17. The smallest absolute Gasteiger partial charge is 0.165 e. The highest BCUT2D eigenvalue weighted by molar-refractivity contribution is 5.98. The first kappa shape index (κ1) is 12.9. The molecular weight excluding hydrogens is 198 g/mol. The molecule has 1 rings (SSSR count). The van der Waals surface area contributed by atoms with Crippen LogP contribution in [0.4, 0.5) is 0 Å². The van der Waals surface area contributed by atoms with Crippen molar-refractivity contribution in [2.45, 2.75) is 33.1 Å². The maximum atomic E-state index is 12.2. The zero-order valence-electron chi connectivity index (χ0n) is 10.2. The Balaban J connectivity index is 2.89. The van der Waals surface area contributed by atoms with Crippen molar-refractivity contribution in [2.24, 2.45) is 11.7 Å². The summed E-state index contributed by atoms with van der Waals surface area (Å²) in [6, 6.07) is 7.80. The molecule has 0 bridgehead atoms. The quantitative estimate of drug-likeness (QED) is 0.748. The summed E-state index contributed by atoms with van der Waals surface area (Å²) >= 11 is 0. The molecule has 0 amide bonds. The summed E-state index contributed by atoms with van der Waals surface area (Å²) in [7, 11) is 0. The Morgan fingerprint density at radius 1 is 1.38 bits per heavy atom. The van der Waals surface area contributed by atoms with Gasteiger partial charge in [-0.1, -0.05) is 44.5 Å². The van der Waals surface area contributed by atoms with E-state index in [1.807, 2.05) is 31.2 Å². The van der Waals surface area contributed by atoms with Crippen molar-refractivity contribution in [3.05, 3.63) is 35.4 Å². The average Bonchev–Trinajstić information content (AvgIpc) is 2.29. The number of Topliss-reactive ketones (excluding diaryl/α,β-unsaturated/α-hetero) is 1. The summed E-state index contributed by atoms with van der Waals surface area (Å²) in [4.78, 5) is 12.2. The first-order valence-corrected chi connectivity index (χ1v) is 6.02. The minimum atomic E-state index is 0.115. The zero-order valence-corrected chi connectivity index (χ0v) is 10.2. The van der Waals surface area contributed by atoms with Crippen LogP contribution in [-0.4, -0.2) is 12.3 Å². The van der Waals surface area contributed by atoms with Crippen LogP contribution in [0.3, 0.4) is 0 Å². The van der Waals surface area contributed by atoms with Gasteiger partial charge in [0.15, 0.2) is 5.78 Å². The van der Waals surface area contributed by atoms with Gasteiger partial charge in [-0.05, 0) is 24.9 Å². The van der Waals surface area contributed by atoms with Gasteiger partial charge >= 0.3 is 0 Å². The summed E-state index contributed by atoms with van der Waals surface area (Å²) in [5.41, 5.74) is 7.49. The Morgan fingerprint density at radius 2 is 2.06 bits per heavy atom. The molecular formula is C14H21NO. The van der Waals surface area contributed by atoms with Crippen molar-refractivity contribution >= 4 is 5.78 Å². The summed E-state index contributed by atoms with van der Waals surface area (Å²) in [5.74, 6) is 0.370. The Hall–Kier alpha value is -1.15. The number of carbonyl (C=O) groups is 1. The van der Waals surface area contributed by atoms with Gasteiger partial charge in [-0.15, -0.1) is 0 Å². The van der Waals surface area contributed by atoms with Crippen LogP contribution < -0.4 is 5.73 Å². The van der Waals surface area contributed by atoms with E-state index >= 15 is 0 Å². The maximum Gasteiger partial charge on any atom is 0.165 e. The van der Waals surface area contributed by atoms with Crippen molar-refractivity contribution in [1.29, 1.82) is 0 Å². The third-order valence-corrected chi connectivity index (χ3v) is 2.87. The minimum absolute atomic E-state index is 0.115. The van der Waals surface area contributed by atoms with Crippen molar-refractivity contribution in [3.63, 3.8) is 0 Å². The second-order valence-corrected chi connectivity index (χ2v) is 4.25. The lowest BCUT2D eigenvalue weighted by atomic mass is 9.91. The van der Waals surface area contributed by atoms with E-state index in [4.69, 9.17) is 5.73 Å². The molecule has 1 unspecified atom stereocenters. The Kier molecular flexibility index (Phi) is 5.20. The van der Waals surface area contributed by atoms with Gasteiger partial charge in [0.2, 0.25) is 0 Å². The van der Waals surface area contributed by atoms with Gasteiger partial charge in [-0.3, -0.25) is 4.79 Å². The molecule has 88 valence electrons. The molecule has 0 aliphatic rings. The predicted molar refractivity (Wildman–Crippen MR) is 67.6 cm³/mol. The molecule has 1 aromatic carbocycles. The molecule has 0 fully saturated rings. The standard InChI is InChI=1S/C14H21NO/c1-3-6-11(2)14(16)13-8-5-4-7-12(13)9-10-15/h4-5,7-8,11H,3,6,9-10,15H2,1-2H3. The first-order chi connectivity index (χ1) is 7.70. The van der Waals surface area contributed by atoms with E-state index in [1.54, 1.807) is 0 Å². The lowest BCUT2D eigenvalue weighted by Crippen LogP contribution is -2.15. The molecule has 0 radical (unpaired) electrons. The van der Waals surface area contributed by atoms with Gasteiger partial charge in [0.25, 0.3) is 0 Å². The number of carbonyl (C=O) groups excluding carboxylic acids is 1. The molecule has 0 spiro atoms. The van der Waals surface area contributed by atoms with Crippen LogP contribution in [0.1, 0.15) is 42.6 Å². The van der Waals surface area contributed by atoms with Crippen LogP contribution in [0.15, 0.2) is 24.3 Å². The largest absolute Gasteiger partial charge is 0.330 e. The molecule has 0 saturated heterocycles. The van der Waals surface area contributed by atoms with Crippen LogP contribution in [-0.2, 0) is 6.42 Å². The Labute approximate surface area is 97.9 Å². The molecule has 2 N–H and O–H groups in total. The summed E-state index contributed by atoms with van der Waals surface area (Å²) < 4.78 is 0. The highest BCUT2D eigenvalue weighted by atomic mass is 16.1. The van der Waals surface area contributed by atoms with E-state index in [0.717, 1.165) is 30.4 Å². The van der Waals surface area contributed by atoms with E-state index in [2.05, 4.69) is 6.92 Å². The predicted octanol–water partition coefficient (Wildman–Crippen LogP) is 2.81. The molecule has 0 heterocycles. The normalized spacial score (nSPS) is 12.4. The summed E-state index contributed by atoms with van der Waals surface area (Å²) in [6.07, 6.45) is 2.78. The molecule has 2 nitrogen and oxygen atoms in total. The van der Waals surface area contributed by atoms with Gasteiger partial charge in [-0.2, -0.15) is 0 Å². The van der Waals surface area contributed by atoms with Gasteiger partial charge in [0, 0.05) is 11.5 Å². The number of nitrogens with two attached hydrogens (primary N) is 1. The molecule has 1 aromatic rings. The molecule has 0 saturated carbocycles. The van der Waals surface area contributed by atoms with Crippen molar-refractivity contribution < 1.29 is 4.79 Å². The van der Waals surface area contributed by atoms with E-state index < -0.39 is 0 Å². The monoisotopic (exact) mass is 219 g/mol. The second kappa shape index (κ2) is 6.44. The fraction of sp³-hybridized carbons (Fsp3) is 0.500. The van der Waals surface area contributed by atoms with E-state index in [1.165, 1.54) is 0 Å². The van der Waals surface area contributed by atoms with Gasteiger partial charge in [0.05, 0.1) is 0 Å². The fourth-order valence-corrected chi connectivity index (χ4v) is 1.96. The molecule has 0 aliphatic heterocycles. The minimum Gasteiger partial charge on any atom is -0.330 e. The molecule has 0 aliphatic carbocycles. The van der Waals surface area contributed by atoms with Crippen LogP contribution in [0.5, 0.6) is 0 Å². The third-order valence-electron chi connectivity index (χ3n) is 2.87. The zero-order chi connectivity index (χ0) is 12.0. The number of ketones is 1. The van der Waals surface area contributed by atoms with Crippen LogP contribution in [0.2, 0.25) is 0 Å². The fourth-order valence-electron chi connectivity index (χ4n) is 1.96. The van der Waals surface area contributed by atoms with Gasteiger partial charge in [-0.25, -0.2) is 0 Å². The number of hydrogen-bond donors (Lipinski definition) is 1. The summed E-state index contributed by atoms with van der Waals surface area (Å²) in [5, 5.41) is 0. The van der Waals surface area contributed by atoms with Gasteiger partial charge < -0.3 is 5.73 Å². The highest BCUT2D eigenvalue weighted by Gasteiger charge is 2.16. The van der Waals surface area contributed by atoms with Crippen LogP contribution in [0, 0.1) is 5.92 Å². The highest BCUT2D eigenvalue weighted by Crippen LogP contribution is 2.17. The maximum absolute atomic E-state index is 12.2. The molecule has 2 heteroatoms. The number of benzene rings is 1. The lowest BCUT2D eigenvalue weighted by Gasteiger charge is -2.12. The lowest BCUT2D eigenvalue weighted by molar-refractivity contribution is 0.0922. The molecule has 16 heavy (non-hydrogen) atoms. The first-order valence-electron chi connectivity index (χ1n) is 6.02. The Morgan fingerprint density at radius 3 is 2.69 bits per heavy atom. The van der Waals surface area contributed by atoms with E-state index in [9.17, 15) is 4.79 Å². The summed E-state index contributed by atoms with van der Waals surface area (Å²) in [6.45, 7) is 4.70. The second-order valence-electron chi connectivity index (χ2n) is 4.25. The van der Waals surface area contributed by atoms with Crippen molar-refractivity contribution in [3.8, 4) is 0 Å².